The van der Waals surface area contributed by atoms with E-state index in [9.17, 15) is 4.39 Å². The molecule has 0 spiro atoms. The molecule has 0 radical (unpaired) electrons. The number of nitrogen functional groups attached to an aromatic ring is 1. The van der Waals surface area contributed by atoms with Gasteiger partial charge in [0.1, 0.15) is 23.2 Å². The van der Waals surface area contributed by atoms with Crippen molar-refractivity contribution in [3.63, 3.8) is 0 Å². The third-order valence-electron chi connectivity index (χ3n) is 3.54. The summed E-state index contributed by atoms with van der Waals surface area (Å²) in [5.74, 6) is 2.12. The van der Waals surface area contributed by atoms with Crippen LogP contribution < -0.4 is 5.73 Å². The van der Waals surface area contributed by atoms with Crippen molar-refractivity contribution in [3.8, 4) is 11.3 Å². The van der Waals surface area contributed by atoms with Crippen LogP contribution in [0.1, 0.15) is 37.9 Å². The third-order valence-corrected chi connectivity index (χ3v) is 3.54. The Bertz CT molecular complexity index is 582. The molecule has 3 rings (SSSR count). The normalized spacial score (nSPS) is 14.8. The quantitative estimate of drug-likeness (QED) is 0.912. The van der Waals surface area contributed by atoms with Crippen LogP contribution in [-0.2, 0) is 6.54 Å². The minimum absolute atomic E-state index is 0.238. The van der Waals surface area contributed by atoms with Gasteiger partial charge in [-0.3, -0.25) is 0 Å². The van der Waals surface area contributed by atoms with E-state index in [0.29, 0.717) is 11.7 Å². The number of anilines is 1. The number of benzene rings is 1. The molecule has 1 heterocycles. The van der Waals surface area contributed by atoms with Gasteiger partial charge < -0.3 is 10.3 Å². The number of hydrogen-bond acceptors (Lipinski definition) is 2. The molecule has 3 nitrogen and oxygen atoms in total. The zero-order valence-corrected chi connectivity index (χ0v) is 11.1. The molecule has 1 aromatic heterocycles. The number of halogens is 1. The zero-order chi connectivity index (χ0) is 13.4. The average Bonchev–Trinajstić information content (AvgIpc) is 3.19. The van der Waals surface area contributed by atoms with Crippen molar-refractivity contribution in [2.24, 2.45) is 0 Å². The van der Waals surface area contributed by atoms with Crippen LogP contribution in [0.4, 0.5) is 10.2 Å². The molecule has 2 aromatic rings. The van der Waals surface area contributed by atoms with Gasteiger partial charge in [0.15, 0.2) is 0 Å². The Labute approximate surface area is 112 Å². The molecule has 0 amide bonds. The van der Waals surface area contributed by atoms with Gasteiger partial charge in [-0.2, -0.15) is 0 Å². The van der Waals surface area contributed by atoms with Crippen molar-refractivity contribution in [1.29, 1.82) is 0 Å². The van der Waals surface area contributed by atoms with Gasteiger partial charge in [-0.25, -0.2) is 9.37 Å². The summed E-state index contributed by atoms with van der Waals surface area (Å²) < 4.78 is 15.1. The monoisotopic (exact) mass is 259 g/mol. The van der Waals surface area contributed by atoms with Gasteiger partial charge in [0.05, 0.1) is 0 Å². The second-order valence-electron chi connectivity index (χ2n) is 5.14. The average molecular weight is 259 g/mol. The molecule has 19 heavy (non-hydrogen) atoms. The molecule has 1 aliphatic rings. The first-order chi connectivity index (χ1) is 9.20. The van der Waals surface area contributed by atoms with Crippen LogP contribution in [0.5, 0.6) is 0 Å². The second-order valence-corrected chi connectivity index (χ2v) is 5.14. The highest BCUT2D eigenvalue weighted by molar-refractivity contribution is 5.71. The number of nitrogens with two attached hydrogens (primary N) is 1. The molecule has 1 aliphatic carbocycles. The van der Waals surface area contributed by atoms with Gasteiger partial charge in [-0.05, 0) is 43.5 Å². The molecule has 1 saturated carbocycles. The maximum atomic E-state index is 13.0. The van der Waals surface area contributed by atoms with Gasteiger partial charge >= 0.3 is 0 Å². The smallest absolute Gasteiger partial charge is 0.131 e. The Morgan fingerprint density at radius 3 is 2.58 bits per heavy atom. The maximum absolute atomic E-state index is 13.0. The summed E-state index contributed by atoms with van der Waals surface area (Å²) >= 11 is 0. The molecule has 2 N–H and O–H groups in total. The SMILES string of the molecule is CCCn1c(C2CC2)nc(-c2ccc(F)cc2)c1N. The third kappa shape index (κ3) is 2.23. The lowest BCUT2D eigenvalue weighted by Gasteiger charge is -2.07. The predicted molar refractivity (Wildman–Crippen MR) is 74.3 cm³/mol. The number of rotatable bonds is 4. The Hall–Kier alpha value is -1.84. The Balaban J connectivity index is 2.06. The first-order valence-corrected chi connectivity index (χ1v) is 6.82. The van der Waals surface area contributed by atoms with Gasteiger partial charge in [0.2, 0.25) is 0 Å². The fourth-order valence-corrected chi connectivity index (χ4v) is 2.42. The minimum atomic E-state index is -0.238. The molecule has 0 saturated heterocycles. The molecule has 4 heteroatoms. The van der Waals surface area contributed by atoms with Crippen LogP contribution in [0.2, 0.25) is 0 Å². The number of aromatic nitrogens is 2. The van der Waals surface area contributed by atoms with Gasteiger partial charge in [-0.1, -0.05) is 6.92 Å². The van der Waals surface area contributed by atoms with Crippen molar-refractivity contribution in [3.05, 3.63) is 35.9 Å². The summed E-state index contributed by atoms with van der Waals surface area (Å²) in [6.07, 6.45) is 3.43. The van der Waals surface area contributed by atoms with E-state index in [4.69, 9.17) is 10.7 Å². The Morgan fingerprint density at radius 1 is 1.32 bits per heavy atom. The first kappa shape index (κ1) is 12.2. The lowest BCUT2D eigenvalue weighted by atomic mass is 10.1. The Kier molecular flexibility index (Phi) is 3.01. The van der Waals surface area contributed by atoms with Crippen LogP contribution in [0.25, 0.3) is 11.3 Å². The summed E-state index contributed by atoms with van der Waals surface area (Å²) in [7, 11) is 0. The standard InChI is InChI=1S/C15H18FN3/c1-2-9-19-14(17)13(18-15(19)11-3-4-11)10-5-7-12(16)8-6-10/h5-8,11H,2-4,9,17H2,1H3. The van der Waals surface area contributed by atoms with Crippen molar-refractivity contribution in [1.82, 2.24) is 9.55 Å². The van der Waals surface area contributed by atoms with E-state index in [-0.39, 0.29) is 5.82 Å². The summed E-state index contributed by atoms with van der Waals surface area (Å²) in [6, 6.07) is 6.37. The van der Waals surface area contributed by atoms with Crippen LogP contribution in [0.15, 0.2) is 24.3 Å². The van der Waals surface area contributed by atoms with Gasteiger partial charge in [0.25, 0.3) is 0 Å². The molecule has 1 aromatic carbocycles. The van der Waals surface area contributed by atoms with Crippen molar-refractivity contribution < 1.29 is 4.39 Å². The van der Waals surface area contributed by atoms with Crippen molar-refractivity contribution in [2.45, 2.75) is 38.6 Å². The van der Waals surface area contributed by atoms with E-state index in [2.05, 4.69) is 11.5 Å². The molecule has 0 unspecified atom stereocenters. The van der Waals surface area contributed by atoms with E-state index < -0.39 is 0 Å². The van der Waals surface area contributed by atoms with Gasteiger partial charge in [0, 0.05) is 18.0 Å². The zero-order valence-electron chi connectivity index (χ0n) is 11.1. The summed E-state index contributed by atoms with van der Waals surface area (Å²) in [4.78, 5) is 4.71. The van der Waals surface area contributed by atoms with Crippen LogP contribution in [0.3, 0.4) is 0 Å². The number of imidazole rings is 1. The highest BCUT2D eigenvalue weighted by atomic mass is 19.1. The van der Waals surface area contributed by atoms with Crippen LogP contribution in [-0.4, -0.2) is 9.55 Å². The number of hydrogen-bond donors (Lipinski definition) is 1. The molecule has 100 valence electrons. The molecule has 1 fully saturated rings. The van der Waals surface area contributed by atoms with Gasteiger partial charge in [-0.15, -0.1) is 0 Å². The molecular weight excluding hydrogens is 241 g/mol. The largest absolute Gasteiger partial charge is 0.383 e. The lowest BCUT2D eigenvalue weighted by molar-refractivity contribution is 0.628. The van der Waals surface area contributed by atoms with E-state index in [1.165, 1.54) is 25.0 Å². The maximum Gasteiger partial charge on any atom is 0.131 e. The lowest BCUT2D eigenvalue weighted by Crippen LogP contribution is -2.06. The molecule has 0 atom stereocenters. The molecule has 0 bridgehead atoms. The van der Waals surface area contributed by atoms with Crippen molar-refractivity contribution >= 4 is 5.82 Å². The van der Waals surface area contributed by atoms with E-state index >= 15 is 0 Å². The summed E-state index contributed by atoms with van der Waals surface area (Å²) in [5, 5.41) is 0. The fraction of sp³-hybridized carbons (Fsp3) is 0.400. The van der Waals surface area contributed by atoms with E-state index in [1.807, 2.05) is 0 Å². The Morgan fingerprint density at radius 2 is 2.00 bits per heavy atom. The van der Waals surface area contributed by atoms with Crippen LogP contribution in [0, 0.1) is 5.82 Å². The fourth-order valence-electron chi connectivity index (χ4n) is 2.42. The molecule has 0 aliphatic heterocycles. The van der Waals surface area contributed by atoms with E-state index in [1.54, 1.807) is 12.1 Å². The summed E-state index contributed by atoms with van der Waals surface area (Å²) in [5.41, 5.74) is 7.90. The second kappa shape index (κ2) is 4.68. The van der Waals surface area contributed by atoms with Crippen LogP contribution >= 0.6 is 0 Å². The minimum Gasteiger partial charge on any atom is -0.383 e. The molecular formula is C15H18FN3. The number of nitrogens with zero attached hydrogens (tertiary/aromatic N) is 2. The highest BCUT2D eigenvalue weighted by Crippen LogP contribution is 2.42. The topological polar surface area (TPSA) is 43.8 Å². The highest BCUT2D eigenvalue weighted by Gasteiger charge is 2.30. The predicted octanol–water partition coefficient (Wildman–Crippen LogP) is 3.56. The first-order valence-electron chi connectivity index (χ1n) is 6.82. The summed E-state index contributed by atoms with van der Waals surface area (Å²) in [6.45, 7) is 3.03. The van der Waals surface area contributed by atoms with E-state index in [0.717, 1.165) is 30.0 Å². The van der Waals surface area contributed by atoms with Crippen molar-refractivity contribution in [2.75, 3.05) is 5.73 Å².